The molecule has 0 aliphatic heterocycles. The number of hydrogen-bond acceptors (Lipinski definition) is 5. The quantitative estimate of drug-likeness (QED) is 0.343. The van der Waals surface area contributed by atoms with Gasteiger partial charge in [-0.15, -0.1) is 0 Å². The van der Waals surface area contributed by atoms with Gasteiger partial charge in [-0.2, -0.15) is 0 Å². The summed E-state index contributed by atoms with van der Waals surface area (Å²) in [6, 6.07) is 0.148. The second-order valence-corrected chi connectivity index (χ2v) is 6.20. The summed E-state index contributed by atoms with van der Waals surface area (Å²) < 4.78 is 5.10. The number of rotatable bonds is 6. The lowest BCUT2D eigenvalue weighted by atomic mass is 10.0. The highest BCUT2D eigenvalue weighted by molar-refractivity contribution is 5.96. The molecule has 2 atom stereocenters. The van der Waals surface area contributed by atoms with Crippen LogP contribution in [0.15, 0.2) is 4.99 Å². The molecule has 5 heteroatoms. The van der Waals surface area contributed by atoms with Crippen LogP contribution in [0.4, 0.5) is 0 Å². The average Bonchev–Trinajstić information content (AvgIpc) is 2.73. The molecule has 108 valence electrons. The van der Waals surface area contributed by atoms with Crippen LogP contribution in [0.2, 0.25) is 0 Å². The van der Waals surface area contributed by atoms with Crippen LogP contribution >= 0.6 is 0 Å². The van der Waals surface area contributed by atoms with Gasteiger partial charge < -0.3 is 9.53 Å². The van der Waals surface area contributed by atoms with Crippen LogP contribution in [0.3, 0.4) is 0 Å². The van der Waals surface area contributed by atoms with Crippen molar-refractivity contribution in [3.63, 3.8) is 0 Å². The fourth-order valence-electron chi connectivity index (χ4n) is 2.55. The number of esters is 1. The second kappa shape index (κ2) is 5.41. The molecule has 0 saturated heterocycles. The Hall–Kier alpha value is -1.23. The first-order valence-electron chi connectivity index (χ1n) is 6.65. The topological polar surface area (TPSA) is 67.8 Å². The molecule has 0 aromatic heterocycles. The Morgan fingerprint density at radius 1 is 1.32 bits per heavy atom. The van der Waals surface area contributed by atoms with Gasteiger partial charge >= 0.3 is 5.97 Å². The summed E-state index contributed by atoms with van der Waals surface area (Å²) in [5, 5.41) is 3.19. The van der Waals surface area contributed by atoms with E-state index in [0.717, 1.165) is 6.29 Å². The van der Waals surface area contributed by atoms with Crippen molar-refractivity contribution in [1.29, 1.82) is 0 Å². The van der Waals surface area contributed by atoms with E-state index in [1.54, 1.807) is 0 Å². The van der Waals surface area contributed by atoms with Crippen LogP contribution in [0.1, 0.15) is 41.5 Å². The minimum Gasteiger partial charge on any atom is -0.413 e. The Morgan fingerprint density at radius 3 is 2.26 bits per heavy atom. The van der Waals surface area contributed by atoms with Gasteiger partial charge in [-0.25, -0.2) is 4.79 Å². The molecule has 2 unspecified atom stereocenters. The lowest BCUT2D eigenvalue weighted by Crippen LogP contribution is -2.48. The largest absolute Gasteiger partial charge is 0.413 e. The number of carbonyl (C=O) groups is 2. The Balaban J connectivity index is 2.89. The molecule has 1 saturated carbocycles. The molecule has 0 spiro atoms. The Labute approximate surface area is 114 Å². The third kappa shape index (κ3) is 2.71. The van der Waals surface area contributed by atoms with Gasteiger partial charge in [-0.05, 0) is 27.7 Å². The summed E-state index contributed by atoms with van der Waals surface area (Å²) in [5.41, 5.74) is -1.38. The van der Waals surface area contributed by atoms with E-state index in [0.29, 0.717) is 0 Å². The SMILES string of the molecule is CC(C)N=COC(=O)C1(NC(C)C)C(C=O)C1(C)C. The van der Waals surface area contributed by atoms with Crippen molar-refractivity contribution in [1.82, 2.24) is 5.32 Å². The zero-order valence-corrected chi connectivity index (χ0v) is 12.6. The van der Waals surface area contributed by atoms with Crippen molar-refractivity contribution < 1.29 is 14.3 Å². The molecule has 19 heavy (non-hydrogen) atoms. The van der Waals surface area contributed by atoms with E-state index in [4.69, 9.17) is 4.74 Å². The van der Waals surface area contributed by atoms with Crippen LogP contribution < -0.4 is 5.32 Å². The molecule has 0 amide bonds. The van der Waals surface area contributed by atoms with Crippen LogP contribution in [0, 0.1) is 11.3 Å². The summed E-state index contributed by atoms with van der Waals surface area (Å²) in [4.78, 5) is 27.5. The first-order valence-corrected chi connectivity index (χ1v) is 6.65. The smallest absolute Gasteiger partial charge is 0.333 e. The number of ether oxygens (including phenoxy) is 1. The van der Waals surface area contributed by atoms with Gasteiger partial charge in [0.25, 0.3) is 0 Å². The number of aliphatic imine (C=N–C) groups is 1. The van der Waals surface area contributed by atoms with Crippen LogP contribution in [-0.2, 0) is 14.3 Å². The molecular weight excluding hydrogens is 244 g/mol. The minimum atomic E-state index is -0.939. The van der Waals surface area contributed by atoms with E-state index in [1.807, 2.05) is 41.5 Å². The van der Waals surface area contributed by atoms with Gasteiger partial charge in [0.2, 0.25) is 0 Å². The number of carbonyl (C=O) groups excluding carboxylic acids is 2. The number of aldehydes is 1. The van der Waals surface area contributed by atoms with Gasteiger partial charge in [-0.3, -0.25) is 10.3 Å². The van der Waals surface area contributed by atoms with E-state index in [9.17, 15) is 9.59 Å². The number of nitrogens with one attached hydrogen (secondary N) is 1. The Kier molecular flexibility index (Phi) is 4.50. The molecule has 0 aromatic carbocycles. The summed E-state index contributed by atoms with van der Waals surface area (Å²) >= 11 is 0. The number of hydrogen-bond donors (Lipinski definition) is 1. The fourth-order valence-corrected chi connectivity index (χ4v) is 2.55. The van der Waals surface area contributed by atoms with Gasteiger partial charge in [0.15, 0.2) is 6.40 Å². The minimum absolute atomic E-state index is 0.0656. The lowest BCUT2D eigenvalue weighted by molar-refractivity contribution is -0.140. The molecule has 1 aliphatic carbocycles. The van der Waals surface area contributed by atoms with Crippen LogP contribution in [0.25, 0.3) is 0 Å². The van der Waals surface area contributed by atoms with Gasteiger partial charge in [-0.1, -0.05) is 13.8 Å². The highest BCUT2D eigenvalue weighted by atomic mass is 16.5. The van der Waals surface area contributed by atoms with Crippen molar-refractivity contribution >= 4 is 18.7 Å². The highest BCUT2D eigenvalue weighted by Gasteiger charge is 2.77. The van der Waals surface area contributed by atoms with Crippen molar-refractivity contribution in [3.05, 3.63) is 0 Å². The predicted molar refractivity (Wildman–Crippen MR) is 74.1 cm³/mol. The van der Waals surface area contributed by atoms with E-state index in [-0.39, 0.29) is 18.0 Å². The van der Waals surface area contributed by atoms with Crippen LogP contribution in [0.5, 0.6) is 0 Å². The van der Waals surface area contributed by atoms with Gasteiger partial charge in [0.1, 0.15) is 11.8 Å². The Morgan fingerprint density at radius 2 is 1.89 bits per heavy atom. The van der Waals surface area contributed by atoms with E-state index in [2.05, 4.69) is 10.3 Å². The van der Waals surface area contributed by atoms with E-state index >= 15 is 0 Å². The molecule has 0 heterocycles. The second-order valence-electron chi connectivity index (χ2n) is 6.20. The maximum absolute atomic E-state index is 12.3. The first kappa shape index (κ1) is 15.8. The fraction of sp³-hybridized carbons (Fsp3) is 0.786. The van der Waals surface area contributed by atoms with E-state index < -0.39 is 16.9 Å². The van der Waals surface area contributed by atoms with Gasteiger partial charge in [0, 0.05) is 17.5 Å². The molecular formula is C14H24N2O3. The molecule has 5 nitrogen and oxygen atoms in total. The third-order valence-corrected chi connectivity index (χ3v) is 3.67. The molecule has 0 radical (unpaired) electrons. The van der Waals surface area contributed by atoms with Crippen molar-refractivity contribution in [2.45, 2.75) is 59.2 Å². The molecule has 1 N–H and O–H groups in total. The van der Waals surface area contributed by atoms with Crippen molar-refractivity contribution in [3.8, 4) is 0 Å². The Bertz CT molecular complexity index is 388. The third-order valence-electron chi connectivity index (χ3n) is 3.67. The lowest BCUT2D eigenvalue weighted by Gasteiger charge is -2.22. The summed E-state index contributed by atoms with van der Waals surface area (Å²) in [5.74, 6) is -0.810. The van der Waals surface area contributed by atoms with E-state index in [1.165, 1.54) is 6.40 Å². The zero-order valence-electron chi connectivity index (χ0n) is 12.6. The first-order chi connectivity index (χ1) is 8.70. The molecule has 0 bridgehead atoms. The predicted octanol–water partition coefficient (Wildman–Crippen LogP) is 1.56. The maximum atomic E-state index is 12.3. The average molecular weight is 268 g/mol. The maximum Gasteiger partial charge on any atom is 0.333 e. The van der Waals surface area contributed by atoms with Gasteiger partial charge in [0.05, 0.1) is 5.92 Å². The standard InChI is InChI=1S/C14H24N2O3/c1-9(2)15-8-19-12(18)14(16-10(3)4)11(7-17)13(14,5)6/h7-11,16H,1-6H3. The van der Waals surface area contributed by atoms with Crippen molar-refractivity contribution in [2.24, 2.45) is 16.3 Å². The monoisotopic (exact) mass is 268 g/mol. The number of nitrogens with zero attached hydrogens (tertiary/aromatic N) is 1. The van der Waals surface area contributed by atoms with Crippen molar-refractivity contribution in [2.75, 3.05) is 0 Å². The summed E-state index contributed by atoms with van der Waals surface area (Å²) in [6.07, 6.45) is 2.00. The molecule has 1 rings (SSSR count). The molecule has 1 fully saturated rings. The highest BCUT2D eigenvalue weighted by Crippen LogP contribution is 2.61. The molecule has 1 aliphatic rings. The zero-order chi connectivity index (χ0) is 14.8. The summed E-state index contributed by atoms with van der Waals surface area (Å²) in [7, 11) is 0. The normalized spacial score (nSPS) is 28.9. The van der Waals surface area contributed by atoms with Crippen LogP contribution in [-0.4, -0.2) is 36.3 Å². The summed E-state index contributed by atoms with van der Waals surface area (Å²) in [6.45, 7) is 11.4. The molecule has 0 aromatic rings.